The molecule has 0 saturated heterocycles. The summed E-state index contributed by atoms with van der Waals surface area (Å²) in [6, 6.07) is 0.0234. The van der Waals surface area contributed by atoms with E-state index in [1.54, 1.807) is 6.92 Å². The molecule has 0 bridgehead atoms. The van der Waals surface area contributed by atoms with E-state index in [0.717, 1.165) is 12.8 Å². The van der Waals surface area contributed by atoms with Crippen LogP contribution in [0.25, 0.3) is 0 Å². The maximum absolute atomic E-state index is 11.0. The van der Waals surface area contributed by atoms with Crippen LogP contribution in [0.5, 0.6) is 0 Å². The van der Waals surface area contributed by atoms with Crippen molar-refractivity contribution in [3.63, 3.8) is 0 Å². The van der Waals surface area contributed by atoms with E-state index in [1.165, 1.54) is 18.6 Å². The molecule has 2 atom stereocenters. The molecule has 1 aliphatic carbocycles. The largest absolute Gasteiger partial charge is 0.298 e. The van der Waals surface area contributed by atoms with Gasteiger partial charge in [0.1, 0.15) is 6.04 Å². The van der Waals surface area contributed by atoms with E-state index in [0.29, 0.717) is 5.92 Å². The number of fused-ring (bicyclic) bond motifs is 1. The van der Waals surface area contributed by atoms with Gasteiger partial charge in [-0.05, 0) is 38.5 Å². The highest BCUT2D eigenvalue weighted by Gasteiger charge is 2.33. The van der Waals surface area contributed by atoms with Crippen LogP contribution in [0.3, 0.4) is 0 Å². The van der Waals surface area contributed by atoms with Crippen molar-refractivity contribution >= 4 is 25.0 Å². The van der Waals surface area contributed by atoms with E-state index in [4.69, 9.17) is 0 Å². The molecule has 0 amide bonds. The predicted octanol–water partition coefficient (Wildman–Crippen LogP) is 1.70. The number of carbonyl (C=O) groups is 1. The molecule has 12 heavy (non-hydrogen) atoms. The zero-order chi connectivity index (χ0) is 7.84. The van der Waals surface area contributed by atoms with Crippen molar-refractivity contribution in [1.29, 1.82) is 0 Å². The lowest BCUT2D eigenvalue weighted by atomic mass is 10.0. The summed E-state index contributed by atoms with van der Waals surface area (Å²) < 4.78 is 0. The Balaban J connectivity index is 0.000000720. The minimum Gasteiger partial charge on any atom is -0.298 e. The van der Waals surface area contributed by atoms with Gasteiger partial charge in [-0.25, -0.2) is 0 Å². The van der Waals surface area contributed by atoms with Gasteiger partial charge in [0.2, 0.25) is 0 Å². The summed E-state index contributed by atoms with van der Waals surface area (Å²) in [5.41, 5.74) is 1.32. The highest BCUT2D eigenvalue weighted by Crippen LogP contribution is 2.33. The molecule has 1 aliphatic heterocycles. The SMILES string of the molecule is CC(=O)[C@@H]1CC2CCCC2=N1.S. The second-order valence-electron chi connectivity index (χ2n) is 3.57. The summed E-state index contributed by atoms with van der Waals surface area (Å²) in [4.78, 5) is 15.4. The topological polar surface area (TPSA) is 29.4 Å². The molecule has 1 fully saturated rings. The quantitative estimate of drug-likeness (QED) is 0.611. The van der Waals surface area contributed by atoms with E-state index in [2.05, 4.69) is 4.99 Å². The standard InChI is InChI=1S/C9H13NO.H2S/c1-6(11)9-5-7-3-2-4-8(7)10-9;/h7,9H,2-5H2,1H3;1H2/t7?,9-;/m0./s1. The highest BCUT2D eigenvalue weighted by molar-refractivity contribution is 7.59. The summed E-state index contributed by atoms with van der Waals surface area (Å²) >= 11 is 0. The van der Waals surface area contributed by atoms with Crippen molar-refractivity contribution in [3.05, 3.63) is 0 Å². The molecule has 1 unspecified atom stereocenters. The second-order valence-corrected chi connectivity index (χ2v) is 3.57. The van der Waals surface area contributed by atoms with E-state index < -0.39 is 0 Å². The first-order chi connectivity index (χ1) is 5.27. The van der Waals surface area contributed by atoms with Gasteiger partial charge in [-0.15, -0.1) is 0 Å². The van der Waals surface area contributed by atoms with Crippen LogP contribution in [0.1, 0.15) is 32.6 Å². The average molecular weight is 185 g/mol. The van der Waals surface area contributed by atoms with Gasteiger partial charge in [-0.1, -0.05) is 0 Å². The molecule has 2 nitrogen and oxygen atoms in total. The van der Waals surface area contributed by atoms with Crippen LogP contribution < -0.4 is 0 Å². The van der Waals surface area contributed by atoms with E-state index in [9.17, 15) is 4.79 Å². The minimum absolute atomic E-state index is 0. The highest BCUT2D eigenvalue weighted by atomic mass is 32.1. The third-order valence-electron chi connectivity index (χ3n) is 2.76. The van der Waals surface area contributed by atoms with Crippen LogP contribution in [0.2, 0.25) is 0 Å². The maximum Gasteiger partial charge on any atom is 0.154 e. The summed E-state index contributed by atoms with van der Waals surface area (Å²) in [5.74, 6) is 0.913. The van der Waals surface area contributed by atoms with E-state index in [1.807, 2.05) is 0 Å². The van der Waals surface area contributed by atoms with Crippen LogP contribution >= 0.6 is 13.5 Å². The first kappa shape index (κ1) is 9.78. The van der Waals surface area contributed by atoms with Crippen LogP contribution in [0.15, 0.2) is 4.99 Å². The second kappa shape index (κ2) is 3.60. The maximum atomic E-state index is 11.0. The fourth-order valence-corrected chi connectivity index (χ4v) is 2.10. The number of Topliss-reactive ketones (excluding diaryl/α,β-unsaturated/α-hetero) is 1. The third kappa shape index (κ3) is 1.56. The van der Waals surface area contributed by atoms with Crippen molar-refractivity contribution in [1.82, 2.24) is 0 Å². The number of aliphatic imine (C=N–C) groups is 1. The average Bonchev–Trinajstić information content (AvgIpc) is 2.40. The Kier molecular flexibility index (Phi) is 2.94. The molecule has 0 N–H and O–H groups in total. The van der Waals surface area contributed by atoms with Crippen molar-refractivity contribution in [2.75, 3.05) is 0 Å². The Labute approximate surface area is 79.9 Å². The molecule has 0 aromatic rings. The lowest BCUT2D eigenvalue weighted by molar-refractivity contribution is -0.118. The van der Waals surface area contributed by atoms with E-state index >= 15 is 0 Å². The Morgan fingerprint density at radius 3 is 2.92 bits per heavy atom. The Morgan fingerprint density at radius 1 is 1.58 bits per heavy atom. The zero-order valence-corrected chi connectivity index (χ0v) is 8.34. The van der Waals surface area contributed by atoms with Crippen molar-refractivity contribution < 1.29 is 4.79 Å². The molecule has 0 spiro atoms. The Morgan fingerprint density at radius 2 is 2.33 bits per heavy atom. The lowest BCUT2D eigenvalue weighted by Crippen LogP contribution is -2.12. The van der Waals surface area contributed by atoms with Gasteiger partial charge in [0.15, 0.2) is 5.78 Å². The molecule has 3 heteroatoms. The van der Waals surface area contributed by atoms with Gasteiger partial charge in [0.25, 0.3) is 0 Å². The first-order valence-corrected chi connectivity index (χ1v) is 4.34. The number of ketones is 1. The molecule has 2 rings (SSSR count). The van der Waals surface area contributed by atoms with Crippen LogP contribution in [-0.4, -0.2) is 17.5 Å². The molecule has 0 aromatic carbocycles. The Bertz CT molecular complexity index is 225. The summed E-state index contributed by atoms with van der Waals surface area (Å²) in [6.07, 6.45) is 4.70. The monoisotopic (exact) mass is 185 g/mol. The lowest BCUT2D eigenvalue weighted by Gasteiger charge is -2.02. The fourth-order valence-electron chi connectivity index (χ4n) is 2.10. The molecule has 68 valence electrons. The van der Waals surface area contributed by atoms with Crippen molar-refractivity contribution in [2.24, 2.45) is 10.9 Å². The van der Waals surface area contributed by atoms with Gasteiger partial charge in [-0.2, -0.15) is 13.5 Å². The number of rotatable bonds is 1. The molecular weight excluding hydrogens is 170 g/mol. The number of nitrogens with zero attached hydrogens (tertiary/aromatic N) is 1. The first-order valence-electron chi connectivity index (χ1n) is 4.34. The fraction of sp³-hybridized carbons (Fsp3) is 0.778. The smallest absolute Gasteiger partial charge is 0.154 e. The van der Waals surface area contributed by atoms with Gasteiger partial charge in [0.05, 0.1) is 0 Å². The van der Waals surface area contributed by atoms with E-state index in [-0.39, 0.29) is 25.3 Å². The molecule has 2 aliphatic rings. The molecule has 0 aromatic heterocycles. The number of hydrogen-bond donors (Lipinski definition) is 0. The number of hydrogen-bond acceptors (Lipinski definition) is 2. The molecular formula is C9H15NOS. The normalized spacial score (nSPS) is 32.2. The van der Waals surface area contributed by atoms with Gasteiger partial charge in [-0.3, -0.25) is 9.79 Å². The third-order valence-corrected chi connectivity index (χ3v) is 2.76. The summed E-state index contributed by atoms with van der Waals surface area (Å²) in [5, 5.41) is 0. The number of carbonyl (C=O) groups excluding carboxylic acids is 1. The summed E-state index contributed by atoms with van der Waals surface area (Å²) in [6.45, 7) is 1.65. The van der Waals surface area contributed by atoms with Gasteiger partial charge in [0, 0.05) is 5.71 Å². The summed E-state index contributed by atoms with van der Waals surface area (Å²) in [7, 11) is 0. The molecule has 1 saturated carbocycles. The van der Waals surface area contributed by atoms with Crippen LogP contribution in [0, 0.1) is 5.92 Å². The van der Waals surface area contributed by atoms with Crippen molar-refractivity contribution in [3.8, 4) is 0 Å². The molecule has 0 radical (unpaired) electrons. The van der Waals surface area contributed by atoms with Gasteiger partial charge < -0.3 is 0 Å². The van der Waals surface area contributed by atoms with Crippen LogP contribution in [-0.2, 0) is 4.79 Å². The Hall–Kier alpha value is -0.310. The van der Waals surface area contributed by atoms with Gasteiger partial charge >= 0.3 is 0 Å². The minimum atomic E-state index is 0. The predicted molar refractivity (Wildman–Crippen MR) is 54.2 cm³/mol. The van der Waals surface area contributed by atoms with Crippen LogP contribution in [0.4, 0.5) is 0 Å². The zero-order valence-electron chi connectivity index (χ0n) is 7.34. The molecule has 1 heterocycles. The van der Waals surface area contributed by atoms with Crippen molar-refractivity contribution in [2.45, 2.75) is 38.6 Å².